The highest BCUT2D eigenvalue weighted by molar-refractivity contribution is 14.1. The van der Waals surface area contributed by atoms with Crippen molar-refractivity contribution in [1.29, 1.82) is 0 Å². The van der Waals surface area contributed by atoms with Gasteiger partial charge in [-0.05, 0) is 84.0 Å². The maximum Gasteiger partial charge on any atom is 0.234 e. The lowest BCUT2D eigenvalue weighted by Crippen LogP contribution is -2.16. The second-order valence-corrected chi connectivity index (χ2v) is 9.43. The lowest BCUT2D eigenvalue weighted by Gasteiger charge is -2.13. The fraction of sp³-hybridized carbons (Fsp3) is 0.125. The summed E-state index contributed by atoms with van der Waals surface area (Å²) >= 11 is 3.57. The number of hydrogen-bond donors (Lipinski definition) is 2. The van der Waals surface area contributed by atoms with Gasteiger partial charge in [0.15, 0.2) is 11.0 Å². The fourth-order valence-electron chi connectivity index (χ4n) is 3.42. The summed E-state index contributed by atoms with van der Waals surface area (Å²) in [4.78, 5) is 12.7. The van der Waals surface area contributed by atoms with Crippen LogP contribution < -0.4 is 5.32 Å². The molecule has 0 unspecified atom stereocenters. The molecule has 0 fully saturated rings. The normalized spacial score (nSPS) is 10.8. The molecule has 2 N–H and O–H groups in total. The predicted octanol–water partition coefficient (Wildman–Crippen LogP) is 5.59. The first kappa shape index (κ1) is 22.3. The molecule has 0 aliphatic heterocycles. The number of aryl methyl sites for hydroxylation is 2. The Morgan fingerprint density at radius 3 is 2.38 bits per heavy atom. The Balaban J connectivity index is 1.61. The minimum absolute atomic E-state index is 0.117. The Morgan fingerprint density at radius 1 is 1.03 bits per heavy atom. The Hall–Kier alpha value is -2.85. The first-order chi connectivity index (χ1) is 15.4. The van der Waals surface area contributed by atoms with E-state index in [9.17, 15) is 9.90 Å². The zero-order valence-corrected chi connectivity index (χ0v) is 20.5. The van der Waals surface area contributed by atoms with Crippen molar-refractivity contribution in [1.82, 2.24) is 14.8 Å². The van der Waals surface area contributed by atoms with Crippen LogP contribution in [-0.2, 0) is 4.79 Å². The summed E-state index contributed by atoms with van der Waals surface area (Å²) in [6.45, 7) is 3.98. The zero-order valence-electron chi connectivity index (χ0n) is 17.5. The Labute approximate surface area is 204 Å². The molecule has 1 aromatic heterocycles. The number of thioether (sulfide) groups is 1. The largest absolute Gasteiger partial charge is 0.507 e. The zero-order chi connectivity index (χ0) is 22.7. The molecule has 0 radical (unpaired) electrons. The van der Waals surface area contributed by atoms with Gasteiger partial charge in [-0.15, -0.1) is 10.2 Å². The van der Waals surface area contributed by atoms with Gasteiger partial charge in [0.25, 0.3) is 0 Å². The van der Waals surface area contributed by atoms with E-state index < -0.39 is 0 Å². The number of aromatic hydroxyl groups is 1. The number of carbonyl (C=O) groups is 1. The van der Waals surface area contributed by atoms with Crippen LogP contribution in [0.5, 0.6) is 5.75 Å². The molecule has 0 spiro atoms. The molecule has 1 amide bonds. The summed E-state index contributed by atoms with van der Waals surface area (Å²) in [5.41, 5.74) is 4.33. The van der Waals surface area contributed by atoms with Gasteiger partial charge in [0.1, 0.15) is 5.75 Å². The first-order valence-corrected chi connectivity index (χ1v) is 12.0. The molecule has 0 saturated carbocycles. The fourth-order valence-corrected chi connectivity index (χ4v) is 5.11. The van der Waals surface area contributed by atoms with E-state index in [1.54, 1.807) is 18.2 Å². The third-order valence-electron chi connectivity index (χ3n) is 4.89. The summed E-state index contributed by atoms with van der Waals surface area (Å²) < 4.78 is 2.99. The molecule has 4 aromatic rings. The average Bonchev–Trinajstić information content (AvgIpc) is 3.19. The Bertz CT molecular complexity index is 1250. The van der Waals surface area contributed by atoms with Crippen LogP contribution >= 0.6 is 34.4 Å². The molecular weight excluding hydrogens is 535 g/mol. The van der Waals surface area contributed by atoms with Crippen LogP contribution in [0.4, 0.5) is 5.69 Å². The molecule has 0 bridgehead atoms. The number of halogens is 1. The van der Waals surface area contributed by atoms with Gasteiger partial charge in [0.05, 0.1) is 11.3 Å². The van der Waals surface area contributed by atoms with Gasteiger partial charge in [-0.2, -0.15) is 0 Å². The van der Waals surface area contributed by atoms with Crippen molar-refractivity contribution in [2.24, 2.45) is 0 Å². The second-order valence-electron chi connectivity index (χ2n) is 7.25. The number of para-hydroxylation sites is 2. The number of amides is 1. The molecular formula is C24H21IN4O2S. The standard InChI is InChI=1S/C24H21IN4O2S/c1-15-12-17(25)13-16(2)22(15)26-21(31)14-32-24-28-27-23(19-10-6-7-11-20(19)30)29(24)18-8-4-3-5-9-18/h3-13,30H,14H2,1-2H3,(H,26,31). The summed E-state index contributed by atoms with van der Waals surface area (Å²) in [7, 11) is 0. The maximum absolute atomic E-state index is 12.7. The molecule has 6 nitrogen and oxygen atoms in total. The first-order valence-electron chi connectivity index (χ1n) is 9.92. The summed E-state index contributed by atoms with van der Waals surface area (Å²) in [6, 6.07) is 20.8. The molecule has 1 heterocycles. The van der Waals surface area contributed by atoms with Gasteiger partial charge in [-0.3, -0.25) is 9.36 Å². The smallest absolute Gasteiger partial charge is 0.234 e. The molecule has 3 aromatic carbocycles. The SMILES string of the molecule is Cc1cc(I)cc(C)c1NC(=O)CSc1nnc(-c2ccccc2O)n1-c1ccccc1. The average molecular weight is 556 g/mol. The molecule has 0 saturated heterocycles. The number of anilines is 1. The van der Waals surface area contributed by atoms with E-state index in [2.05, 4.69) is 38.1 Å². The van der Waals surface area contributed by atoms with Gasteiger partial charge < -0.3 is 10.4 Å². The summed E-state index contributed by atoms with van der Waals surface area (Å²) in [5, 5.41) is 22.6. The molecule has 0 atom stereocenters. The van der Waals surface area contributed by atoms with Crippen LogP contribution in [0.1, 0.15) is 11.1 Å². The van der Waals surface area contributed by atoms with E-state index >= 15 is 0 Å². The summed E-state index contributed by atoms with van der Waals surface area (Å²) in [6.07, 6.45) is 0. The van der Waals surface area contributed by atoms with Crippen LogP contribution in [-0.4, -0.2) is 31.5 Å². The van der Waals surface area contributed by atoms with E-state index in [1.807, 2.05) is 66.9 Å². The van der Waals surface area contributed by atoms with Crippen molar-refractivity contribution in [3.8, 4) is 22.8 Å². The van der Waals surface area contributed by atoms with Gasteiger partial charge in [0.2, 0.25) is 5.91 Å². The van der Waals surface area contributed by atoms with Crippen LogP contribution in [0, 0.1) is 17.4 Å². The van der Waals surface area contributed by atoms with Crippen molar-refractivity contribution in [2.75, 3.05) is 11.1 Å². The van der Waals surface area contributed by atoms with Crippen LogP contribution in [0.3, 0.4) is 0 Å². The Morgan fingerprint density at radius 2 is 1.69 bits per heavy atom. The molecule has 32 heavy (non-hydrogen) atoms. The number of aromatic nitrogens is 3. The molecule has 0 aliphatic carbocycles. The number of nitrogens with zero attached hydrogens (tertiary/aromatic N) is 3. The predicted molar refractivity (Wildman–Crippen MR) is 136 cm³/mol. The van der Waals surface area contributed by atoms with E-state index in [0.29, 0.717) is 16.5 Å². The molecule has 8 heteroatoms. The van der Waals surface area contributed by atoms with E-state index in [-0.39, 0.29) is 17.4 Å². The number of phenols is 1. The van der Waals surface area contributed by atoms with Crippen LogP contribution in [0.25, 0.3) is 17.1 Å². The number of hydrogen-bond acceptors (Lipinski definition) is 5. The molecule has 162 valence electrons. The molecule has 0 aliphatic rings. The van der Waals surface area contributed by atoms with Gasteiger partial charge in [-0.1, -0.05) is 42.1 Å². The Kier molecular flexibility index (Phi) is 6.80. The number of carbonyl (C=O) groups excluding carboxylic acids is 1. The minimum atomic E-state index is -0.117. The number of benzene rings is 3. The summed E-state index contributed by atoms with van der Waals surface area (Å²) in [5.74, 6) is 0.697. The van der Waals surface area contributed by atoms with Gasteiger partial charge in [-0.25, -0.2) is 0 Å². The van der Waals surface area contributed by atoms with Crippen molar-refractivity contribution >= 4 is 45.9 Å². The van der Waals surface area contributed by atoms with Crippen molar-refractivity contribution in [3.05, 3.63) is 81.4 Å². The van der Waals surface area contributed by atoms with E-state index in [4.69, 9.17) is 0 Å². The van der Waals surface area contributed by atoms with Crippen molar-refractivity contribution in [2.45, 2.75) is 19.0 Å². The second kappa shape index (κ2) is 9.74. The molecule has 4 rings (SSSR count). The highest BCUT2D eigenvalue weighted by Gasteiger charge is 2.19. The number of rotatable bonds is 6. The van der Waals surface area contributed by atoms with Crippen LogP contribution in [0.15, 0.2) is 71.9 Å². The van der Waals surface area contributed by atoms with E-state index in [1.165, 1.54) is 11.8 Å². The van der Waals surface area contributed by atoms with Crippen molar-refractivity contribution < 1.29 is 9.90 Å². The maximum atomic E-state index is 12.7. The minimum Gasteiger partial charge on any atom is -0.507 e. The highest BCUT2D eigenvalue weighted by atomic mass is 127. The number of nitrogens with one attached hydrogen (secondary N) is 1. The van der Waals surface area contributed by atoms with Crippen LogP contribution in [0.2, 0.25) is 0 Å². The lowest BCUT2D eigenvalue weighted by molar-refractivity contribution is -0.113. The quantitative estimate of drug-likeness (QED) is 0.239. The monoisotopic (exact) mass is 556 g/mol. The lowest BCUT2D eigenvalue weighted by atomic mass is 10.1. The van der Waals surface area contributed by atoms with Gasteiger partial charge >= 0.3 is 0 Å². The van der Waals surface area contributed by atoms with Crippen molar-refractivity contribution in [3.63, 3.8) is 0 Å². The highest BCUT2D eigenvalue weighted by Crippen LogP contribution is 2.32. The third kappa shape index (κ3) is 4.81. The number of phenolic OH excluding ortho intramolecular Hbond substituents is 1. The van der Waals surface area contributed by atoms with E-state index in [0.717, 1.165) is 26.1 Å². The van der Waals surface area contributed by atoms with Gasteiger partial charge in [0, 0.05) is 14.9 Å². The topological polar surface area (TPSA) is 80.0 Å². The third-order valence-corrected chi connectivity index (χ3v) is 6.44.